The zero-order valence-electron chi connectivity index (χ0n) is 8.27. The minimum absolute atomic E-state index is 0.00681. The predicted octanol–water partition coefficient (Wildman–Crippen LogP) is 3.40. The lowest BCUT2D eigenvalue weighted by molar-refractivity contribution is -0.290. The van der Waals surface area contributed by atoms with Gasteiger partial charge >= 0.3 is 12.1 Å². The fourth-order valence-corrected chi connectivity index (χ4v) is 1.02. The Morgan fingerprint density at radius 3 is 2.41 bits per heavy atom. The molecule has 0 aliphatic carbocycles. The Morgan fingerprint density at radius 1 is 1.24 bits per heavy atom. The smallest absolute Gasteiger partial charge is 0.456 e. The van der Waals surface area contributed by atoms with Gasteiger partial charge in [0.05, 0.1) is 11.6 Å². The van der Waals surface area contributed by atoms with Crippen molar-refractivity contribution in [2.24, 2.45) is 0 Å². The van der Waals surface area contributed by atoms with Gasteiger partial charge < -0.3 is 4.74 Å². The van der Waals surface area contributed by atoms with E-state index in [4.69, 9.17) is 11.6 Å². The monoisotopic (exact) mass is 275 g/mol. The molecule has 0 amide bonds. The van der Waals surface area contributed by atoms with E-state index in [0.717, 1.165) is 0 Å². The molecule has 1 aromatic rings. The van der Waals surface area contributed by atoms with Gasteiger partial charge in [-0.3, -0.25) is 4.98 Å². The van der Waals surface area contributed by atoms with Crippen molar-refractivity contribution in [2.45, 2.75) is 18.0 Å². The Morgan fingerprint density at radius 2 is 1.88 bits per heavy atom. The van der Waals surface area contributed by atoms with Crippen molar-refractivity contribution < 1.29 is 26.7 Å². The summed E-state index contributed by atoms with van der Waals surface area (Å²) in [5.41, 5.74) is 0.319. The second kappa shape index (κ2) is 5.03. The number of halogens is 6. The summed E-state index contributed by atoms with van der Waals surface area (Å²) < 4.78 is 64.8. The summed E-state index contributed by atoms with van der Waals surface area (Å²) in [6.07, 6.45) is -4.42. The van der Waals surface area contributed by atoms with Crippen molar-refractivity contribution in [2.75, 3.05) is 6.61 Å². The molecule has 0 saturated carbocycles. The van der Waals surface area contributed by atoms with Gasteiger partial charge in [0.15, 0.2) is 6.61 Å². The van der Waals surface area contributed by atoms with Gasteiger partial charge in [-0.05, 0) is 6.07 Å². The number of aromatic nitrogens is 1. The molecule has 0 spiro atoms. The summed E-state index contributed by atoms with van der Waals surface area (Å²) in [6, 6.07) is 2.36. The molecule has 0 aliphatic heterocycles. The Bertz CT molecular complexity index is 382. The molecular weight excluding hydrogens is 269 g/mol. The molecule has 2 nitrogen and oxygen atoms in total. The van der Waals surface area contributed by atoms with Crippen LogP contribution in [0.1, 0.15) is 5.69 Å². The summed E-state index contributed by atoms with van der Waals surface area (Å²) in [7, 11) is 0. The van der Waals surface area contributed by atoms with Crippen LogP contribution in [0, 0.1) is 0 Å². The van der Waals surface area contributed by atoms with E-state index in [0.29, 0.717) is 5.69 Å². The first-order valence-electron chi connectivity index (χ1n) is 4.34. The maximum Gasteiger partial charge on any atom is 0.456 e. The fourth-order valence-electron chi connectivity index (χ4n) is 0.875. The van der Waals surface area contributed by atoms with Gasteiger partial charge in [0.25, 0.3) is 0 Å². The lowest BCUT2D eigenvalue weighted by Gasteiger charge is -2.19. The van der Waals surface area contributed by atoms with E-state index >= 15 is 0 Å². The highest BCUT2D eigenvalue weighted by Crippen LogP contribution is 2.35. The maximum atomic E-state index is 12.5. The van der Waals surface area contributed by atoms with Gasteiger partial charge in [-0.15, -0.1) is 11.6 Å². The molecule has 0 atom stereocenters. The van der Waals surface area contributed by atoms with E-state index in [9.17, 15) is 22.0 Å². The van der Waals surface area contributed by atoms with Crippen LogP contribution in [0.15, 0.2) is 18.3 Å². The molecule has 1 aromatic heterocycles. The highest BCUT2D eigenvalue weighted by atomic mass is 35.5. The second-order valence-electron chi connectivity index (χ2n) is 3.11. The minimum Gasteiger partial charge on any atom is -0.487 e. The van der Waals surface area contributed by atoms with E-state index in [2.05, 4.69) is 9.72 Å². The average Bonchev–Trinajstić information content (AvgIpc) is 2.25. The summed E-state index contributed by atoms with van der Waals surface area (Å²) in [6.45, 7) is -1.78. The van der Waals surface area contributed by atoms with E-state index in [-0.39, 0.29) is 11.6 Å². The molecule has 0 aromatic carbocycles. The molecule has 1 heterocycles. The number of hydrogen-bond donors (Lipinski definition) is 0. The van der Waals surface area contributed by atoms with E-state index in [1.165, 1.54) is 18.3 Å². The van der Waals surface area contributed by atoms with Crippen LogP contribution < -0.4 is 4.74 Å². The zero-order chi connectivity index (χ0) is 13.1. The van der Waals surface area contributed by atoms with Gasteiger partial charge in [0, 0.05) is 12.3 Å². The van der Waals surface area contributed by atoms with Crippen LogP contribution in [0.2, 0.25) is 0 Å². The standard InChI is InChI=1S/C9H7ClF5NO/c10-4-6-3-7(1-2-16-6)17-5-8(11,12)9(13,14)15/h1-3H,4-5H2. The molecule has 0 bridgehead atoms. The van der Waals surface area contributed by atoms with Crippen molar-refractivity contribution >= 4 is 11.6 Å². The second-order valence-corrected chi connectivity index (χ2v) is 3.37. The van der Waals surface area contributed by atoms with Gasteiger partial charge in [-0.1, -0.05) is 0 Å². The highest BCUT2D eigenvalue weighted by Gasteiger charge is 2.58. The molecule has 17 heavy (non-hydrogen) atoms. The van der Waals surface area contributed by atoms with Crippen LogP contribution in [0.25, 0.3) is 0 Å². The molecule has 96 valence electrons. The van der Waals surface area contributed by atoms with Gasteiger partial charge in [-0.25, -0.2) is 0 Å². The molecule has 8 heteroatoms. The van der Waals surface area contributed by atoms with E-state index in [1.807, 2.05) is 0 Å². The van der Waals surface area contributed by atoms with Crippen molar-refractivity contribution in [1.29, 1.82) is 0 Å². The molecule has 1 rings (SSSR count). The Labute approximate surface area is 98.4 Å². The fraction of sp³-hybridized carbons (Fsp3) is 0.444. The minimum atomic E-state index is -5.63. The van der Waals surface area contributed by atoms with Crippen LogP contribution in [0.4, 0.5) is 22.0 Å². The predicted molar refractivity (Wildman–Crippen MR) is 50.3 cm³/mol. The lowest BCUT2D eigenvalue weighted by atomic mass is 10.3. The van der Waals surface area contributed by atoms with Crippen molar-refractivity contribution in [3.8, 4) is 5.75 Å². The Kier molecular flexibility index (Phi) is 4.13. The SMILES string of the molecule is FC(F)(F)C(F)(F)COc1ccnc(CCl)c1. The molecule has 0 aliphatic rings. The molecule has 0 fully saturated rings. The normalized spacial score (nSPS) is 12.6. The molecule has 0 radical (unpaired) electrons. The summed E-state index contributed by atoms with van der Waals surface area (Å²) in [5.74, 6) is -5.02. The molecule has 0 saturated heterocycles. The summed E-state index contributed by atoms with van der Waals surface area (Å²) in [5, 5.41) is 0. The number of nitrogens with zero attached hydrogens (tertiary/aromatic N) is 1. The topological polar surface area (TPSA) is 22.1 Å². The van der Waals surface area contributed by atoms with Crippen molar-refractivity contribution in [1.82, 2.24) is 4.98 Å². The molecule has 0 N–H and O–H groups in total. The third-order valence-corrected chi connectivity index (χ3v) is 2.03. The summed E-state index contributed by atoms with van der Waals surface area (Å²) >= 11 is 5.42. The molecule has 0 unspecified atom stereocenters. The largest absolute Gasteiger partial charge is 0.487 e. The first-order valence-corrected chi connectivity index (χ1v) is 4.88. The number of alkyl halides is 6. The van der Waals surface area contributed by atoms with Gasteiger partial charge in [0.2, 0.25) is 0 Å². The Hall–Kier alpha value is -1.11. The van der Waals surface area contributed by atoms with Crippen LogP contribution in [-0.2, 0) is 5.88 Å². The third-order valence-electron chi connectivity index (χ3n) is 1.76. The number of rotatable bonds is 4. The number of pyridine rings is 1. The van der Waals surface area contributed by atoms with Crippen LogP contribution in [0.3, 0.4) is 0 Å². The average molecular weight is 276 g/mol. The van der Waals surface area contributed by atoms with Crippen LogP contribution >= 0.6 is 11.6 Å². The maximum absolute atomic E-state index is 12.5. The van der Waals surface area contributed by atoms with E-state index in [1.54, 1.807) is 0 Å². The van der Waals surface area contributed by atoms with Crippen molar-refractivity contribution in [3.05, 3.63) is 24.0 Å². The van der Waals surface area contributed by atoms with Crippen molar-refractivity contribution in [3.63, 3.8) is 0 Å². The zero-order valence-corrected chi connectivity index (χ0v) is 9.03. The lowest BCUT2D eigenvalue weighted by Crippen LogP contribution is -2.41. The quantitative estimate of drug-likeness (QED) is 0.621. The highest BCUT2D eigenvalue weighted by molar-refractivity contribution is 6.16. The number of hydrogen-bond acceptors (Lipinski definition) is 2. The van der Waals surface area contributed by atoms with Crippen LogP contribution in [0.5, 0.6) is 5.75 Å². The first kappa shape index (κ1) is 14.0. The molecular formula is C9H7ClF5NO. The van der Waals surface area contributed by atoms with Crippen LogP contribution in [-0.4, -0.2) is 23.7 Å². The third kappa shape index (κ3) is 3.69. The summed E-state index contributed by atoms with van der Waals surface area (Å²) in [4.78, 5) is 3.73. The van der Waals surface area contributed by atoms with Gasteiger partial charge in [0.1, 0.15) is 5.75 Å². The van der Waals surface area contributed by atoms with Gasteiger partial charge in [-0.2, -0.15) is 22.0 Å². The first-order chi connectivity index (χ1) is 7.76. The van der Waals surface area contributed by atoms with E-state index < -0.39 is 18.7 Å². The Balaban J connectivity index is 2.67. The number of ether oxygens (including phenoxy) is 1.